The van der Waals surface area contributed by atoms with Gasteiger partial charge in [0.2, 0.25) is 0 Å². The molecule has 1 aromatic heterocycles. The minimum absolute atomic E-state index is 0.282. The van der Waals surface area contributed by atoms with E-state index in [9.17, 15) is 0 Å². The van der Waals surface area contributed by atoms with Crippen LogP contribution in [0.3, 0.4) is 0 Å². The van der Waals surface area contributed by atoms with Gasteiger partial charge in [-0.25, -0.2) is 4.98 Å². The Kier molecular flexibility index (Phi) is 4.26. The van der Waals surface area contributed by atoms with Crippen molar-refractivity contribution in [3.8, 4) is 12.1 Å². The Morgan fingerprint density at radius 2 is 2.12 bits per heavy atom. The van der Waals surface area contributed by atoms with Gasteiger partial charge in [-0.1, -0.05) is 31.2 Å². The largest absolute Gasteiger partial charge is 0.236 e. The highest BCUT2D eigenvalue weighted by molar-refractivity contribution is 6.29. The van der Waals surface area contributed by atoms with Crippen LogP contribution in [0.15, 0.2) is 24.8 Å². The summed E-state index contributed by atoms with van der Waals surface area (Å²) in [5.41, 5.74) is 0.249. The quantitative estimate of drug-likeness (QED) is 0.762. The van der Waals surface area contributed by atoms with E-state index in [1.54, 1.807) is 18.2 Å². The first-order valence-corrected chi connectivity index (χ1v) is 5.58. The number of halogens is 1. The molecule has 0 amide bonds. The van der Waals surface area contributed by atoms with Crippen molar-refractivity contribution in [2.45, 2.75) is 19.8 Å². The van der Waals surface area contributed by atoms with Gasteiger partial charge in [0.15, 0.2) is 0 Å². The van der Waals surface area contributed by atoms with Gasteiger partial charge in [-0.2, -0.15) is 10.5 Å². The van der Waals surface area contributed by atoms with Gasteiger partial charge in [-0.15, -0.1) is 0 Å². The van der Waals surface area contributed by atoms with Crippen LogP contribution < -0.4 is 0 Å². The second kappa shape index (κ2) is 5.48. The molecule has 0 radical (unpaired) electrons. The summed E-state index contributed by atoms with van der Waals surface area (Å²) in [6.07, 6.45) is 0.740. The lowest BCUT2D eigenvalue weighted by Crippen LogP contribution is -2.15. The zero-order valence-corrected chi connectivity index (χ0v) is 10.3. The van der Waals surface area contributed by atoms with E-state index < -0.39 is 5.41 Å². The van der Waals surface area contributed by atoms with E-state index in [-0.39, 0.29) is 6.42 Å². The van der Waals surface area contributed by atoms with Crippen LogP contribution in [0.25, 0.3) is 5.57 Å². The second-order valence-corrected chi connectivity index (χ2v) is 4.17. The van der Waals surface area contributed by atoms with Crippen LogP contribution in [0.1, 0.15) is 25.5 Å². The van der Waals surface area contributed by atoms with Crippen molar-refractivity contribution in [2.75, 3.05) is 0 Å². The van der Waals surface area contributed by atoms with Crippen LogP contribution in [0.5, 0.6) is 0 Å². The maximum atomic E-state index is 9.07. The Labute approximate surface area is 106 Å². The standard InChI is InChI=1S/C13H12ClN3/c1-3-13(8-15,9-16)7-10(2)11-5-4-6-12(14)17-11/h4-6H,2-3,7H2,1H3. The minimum atomic E-state index is -1.03. The lowest BCUT2D eigenvalue weighted by atomic mass is 9.81. The summed E-state index contributed by atoms with van der Waals surface area (Å²) in [6, 6.07) is 9.29. The van der Waals surface area contributed by atoms with Crippen molar-refractivity contribution >= 4 is 17.2 Å². The number of nitriles is 2. The summed E-state index contributed by atoms with van der Waals surface area (Å²) in [4.78, 5) is 4.11. The minimum Gasteiger partial charge on any atom is -0.236 e. The number of hydrogen-bond acceptors (Lipinski definition) is 3. The highest BCUT2D eigenvalue weighted by Gasteiger charge is 2.29. The average Bonchev–Trinajstić information content (AvgIpc) is 2.36. The summed E-state index contributed by atoms with van der Waals surface area (Å²) < 4.78 is 0. The molecule has 1 aromatic rings. The molecule has 0 N–H and O–H groups in total. The lowest BCUT2D eigenvalue weighted by molar-refractivity contribution is 0.517. The fraction of sp³-hybridized carbons (Fsp3) is 0.308. The Balaban J connectivity index is 2.94. The smallest absolute Gasteiger partial charge is 0.147 e. The molecular weight excluding hydrogens is 234 g/mol. The van der Waals surface area contributed by atoms with Crippen LogP contribution in [0, 0.1) is 28.1 Å². The Hall–Kier alpha value is -1.84. The van der Waals surface area contributed by atoms with Gasteiger partial charge in [0.05, 0.1) is 17.8 Å². The van der Waals surface area contributed by atoms with Crippen molar-refractivity contribution in [3.05, 3.63) is 35.6 Å². The van der Waals surface area contributed by atoms with Gasteiger partial charge >= 0.3 is 0 Å². The first-order valence-electron chi connectivity index (χ1n) is 5.20. The summed E-state index contributed by atoms with van der Waals surface area (Å²) >= 11 is 5.78. The SMILES string of the molecule is C=C(CC(C#N)(C#N)CC)c1cccc(Cl)n1. The maximum Gasteiger partial charge on any atom is 0.147 e. The molecule has 0 fully saturated rings. The average molecular weight is 246 g/mol. The zero-order chi connectivity index (χ0) is 12.9. The summed E-state index contributed by atoms with van der Waals surface area (Å²) in [6.45, 7) is 5.68. The fourth-order valence-electron chi connectivity index (χ4n) is 1.45. The first kappa shape index (κ1) is 13.2. The number of aromatic nitrogens is 1. The molecule has 1 heterocycles. The first-order chi connectivity index (χ1) is 8.06. The highest BCUT2D eigenvalue weighted by Crippen LogP contribution is 2.32. The molecule has 17 heavy (non-hydrogen) atoms. The number of allylic oxidation sites excluding steroid dienone is 1. The molecule has 86 valence electrons. The molecule has 0 aromatic carbocycles. The van der Waals surface area contributed by atoms with Crippen LogP contribution in [0.4, 0.5) is 0 Å². The van der Waals surface area contributed by atoms with E-state index >= 15 is 0 Å². The molecule has 3 nitrogen and oxygen atoms in total. The van der Waals surface area contributed by atoms with E-state index in [4.69, 9.17) is 22.1 Å². The van der Waals surface area contributed by atoms with Gasteiger partial charge in [0.25, 0.3) is 0 Å². The van der Waals surface area contributed by atoms with Gasteiger partial charge < -0.3 is 0 Å². The molecule has 0 unspecified atom stereocenters. The van der Waals surface area contributed by atoms with E-state index in [1.165, 1.54) is 0 Å². The molecule has 0 aliphatic carbocycles. The number of hydrogen-bond donors (Lipinski definition) is 0. The molecule has 0 saturated heterocycles. The predicted octanol–water partition coefficient (Wildman–Crippen LogP) is 3.58. The van der Waals surface area contributed by atoms with Crippen molar-refractivity contribution in [2.24, 2.45) is 5.41 Å². The second-order valence-electron chi connectivity index (χ2n) is 3.79. The van der Waals surface area contributed by atoms with Crippen LogP contribution in [0.2, 0.25) is 5.15 Å². The number of pyridine rings is 1. The van der Waals surface area contributed by atoms with E-state index in [0.29, 0.717) is 22.8 Å². The molecular formula is C13H12ClN3. The third-order valence-corrected chi connectivity index (χ3v) is 2.83. The van der Waals surface area contributed by atoms with Crippen LogP contribution in [-0.4, -0.2) is 4.98 Å². The normalized spacial score (nSPS) is 10.4. The maximum absolute atomic E-state index is 9.07. The molecule has 1 rings (SSSR count). The monoisotopic (exact) mass is 245 g/mol. The molecule has 0 aliphatic heterocycles. The molecule has 0 spiro atoms. The summed E-state index contributed by atoms with van der Waals surface area (Å²) in [5, 5.41) is 18.5. The Bertz CT molecular complexity index is 494. The molecule has 4 heteroatoms. The molecule has 0 bridgehead atoms. The Morgan fingerprint density at radius 1 is 1.47 bits per heavy atom. The van der Waals surface area contributed by atoms with Crippen molar-refractivity contribution < 1.29 is 0 Å². The van der Waals surface area contributed by atoms with Gasteiger partial charge in [-0.05, 0) is 24.1 Å². The lowest BCUT2D eigenvalue weighted by Gasteiger charge is -2.17. The van der Waals surface area contributed by atoms with Crippen LogP contribution >= 0.6 is 11.6 Å². The zero-order valence-electron chi connectivity index (χ0n) is 9.57. The van der Waals surface area contributed by atoms with Gasteiger partial charge in [-0.3, -0.25) is 0 Å². The van der Waals surface area contributed by atoms with Gasteiger partial charge in [0, 0.05) is 6.42 Å². The van der Waals surface area contributed by atoms with Crippen molar-refractivity contribution in [3.63, 3.8) is 0 Å². The summed E-state index contributed by atoms with van der Waals surface area (Å²) in [7, 11) is 0. The van der Waals surface area contributed by atoms with Crippen LogP contribution in [-0.2, 0) is 0 Å². The third-order valence-electron chi connectivity index (χ3n) is 2.62. The molecule has 0 aliphatic rings. The number of nitrogens with zero attached hydrogens (tertiary/aromatic N) is 3. The predicted molar refractivity (Wildman–Crippen MR) is 66.8 cm³/mol. The topological polar surface area (TPSA) is 60.5 Å². The van der Waals surface area contributed by atoms with Crippen molar-refractivity contribution in [1.82, 2.24) is 4.98 Å². The summed E-state index contributed by atoms with van der Waals surface area (Å²) in [5.74, 6) is 0. The molecule has 0 saturated carbocycles. The van der Waals surface area contributed by atoms with E-state index in [2.05, 4.69) is 11.6 Å². The third kappa shape index (κ3) is 3.06. The fourth-order valence-corrected chi connectivity index (χ4v) is 1.61. The van der Waals surface area contributed by atoms with Gasteiger partial charge in [0.1, 0.15) is 10.6 Å². The Morgan fingerprint density at radius 3 is 2.59 bits per heavy atom. The van der Waals surface area contributed by atoms with E-state index in [1.807, 2.05) is 19.1 Å². The highest BCUT2D eigenvalue weighted by atomic mass is 35.5. The van der Waals surface area contributed by atoms with Crippen molar-refractivity contribution in [1.29, 1.82) is 10.5 Å². The van der Waals surface area contributed by atoms with E-state index in [0.717, 1.165) is 0 Å². The number of rotatable bonds is 4. The molecule has 0 atom stereocenters.